The fourth-order valence-corrected chi connectivity index (χ4v) is 2.37. The first-order valence-corrected chi connectivity index (χ1v) is 8.25. The molecule has 2 rings (SSSR count). The molecule has 0 aliphatic carbocycles. The van der Waals surface area contributed by atoms with Crippen LogP contribution < -0.4 is 10.1 Å². The van der Waals surface area contributed by atoms with Crippen LogP contribution in [0.2, 0.25) is 0 Å². The molecule has 0 aliphatic rings. The average molecular weight is 327 g/mol. The molecule has 0 saturated heterocycles. The number of carbonyl (C=O) groups is 1. The minimum absolute atomic E-state index is 0.0243. The van der Waals surface area contributed by atoms with Crippen molar-refractivity contribution in [2.75, 3.05) is 20.3 Å². The van der Waals surface area contributed by atoms with Gasteiger partial charge in [-0.1, -0.05) is 42.5 Å². The summed E-state index contributed by atoms with van der Waals surface area (Å²) >= 11 is 0. The van der Waals surface area contributed by atoms with Gasteiger partial charge in [0.1, 0.15) is 5.75 Å². The molecular formula is C20H25NO3. The molecule has 0 radical (unpaired) electrons. The fraction of sp³-hybridized carbons (Fsp3) is 0.350. The van der Waals surface area contributed by atoms with Crippen molar-refractivity contribution in [2.45, 2.75) is 25.9 Å². The van der Waals surface area contributed by atoms with E-state index in [0.717, 1.165) is 17.7 Å². The van der Waals surface area contributed by atoms with E-state index in [-0.39, 0.29) is 12.0 Å². The van der Waals surface area contributed by atoms with Gasteiger partial charge in [-0.3, -0.25) is 4.79 Å². The lowest BCUT2D eigenvalue weighted by molar-refractivity contribution is -0.120. The number of methoxy groups -OCH3 is 1. The normalized spacial score (nSPS) is 11.8. The Morgan fingerprint density at radius 3 is 2.46 bits per heavy atom. The number of hydrogen-bond acceptors (Lipinski definition) is 3. The Balaban J connectivity index is 1.60. The summed E-state index contributed by atoms with van der Waals surface area (Å²) in [6, 6.07) is 17.7. The molecule has 0 bridgehead atoms. The molecular weight excluding hydrogens is 302 g/mol. The molecule has 0 fully saturated rings. The van der Waals surface area contributed by atoms with Crippen LogP contribution in [-0.2, 0) is 16.0 Å². The average Bonchev–Trinajstić information content (AvgIpc) is 2.62. The van der Waals surface area contributed by atoms with Gasteiger partial charge in [0.05, 0.1) is 19.6 Å². The van der Waals surface area contributed by atoms with Gasteiger partial charge in [0.25, 0.3) is 0 Å². The fourth-order valence-electron chi connectivity index (χ4n) is 2.37. The summed E-state index contributed by atoms with van der Waals surface area (Å²) in [5.41, 5.74) is 2.14. The molecule has 1 N–H and O–H groups in total. The minimum atomic E-state index is 0.0243. The summed E-state index contributed by atoms with van der Waals surface area (Å²) in [6.07, 6.45) is 1.25. The quantitative estimate of drug-likeness (QED) is 0.717. The number of hydrogen-bond donors (Lipinski definition) is 1. The van der Waals surface area contributed by atoms with Gasteiger partial charge in [0.15, 0.2) is 0 Å². The number of carbonyl (C=O) groups excluding carboxylic acids is 1. The molecule has 0 unspecified atom stereocenters. The Labute approximate surface area is 143 Å². The summed E-state index contributed by atoms with van der Waals surface area (Å²) in [6.45, 7) is 3.28. The third-order valence-electron chi connectivity index (χ3n) is 3.80. The van der Waals surface area contributed by atoms with Gasteiger partial charge in [0, 0.05) is 13.2 Å². The molecule has 128 valence electrons. The first-order chi connectivity index (χ1) is 11.7. The van der Waals surface area contributed by atoms with Crippen LogP contribution in [0.3, 0.4) is 0 Å². The lowest BCUT2D eigenvalue weighted by Gasteiger charge is -2.13. The molecule has 1 amide bonds. The van der Waals surface area contributed by atoms with Gasteiger partial charge in [-0.05, 0) is 36.6 Å². The molecule has 4 heteroatoms. The second-order valence-corrected chi connectivity index (χ2v) is 5.65. The summed E-state index contributed by atoms with van der Waals surface area (Å²) in [7, 11) is 1.63. The molecule has 0 saturated carbocycles. The highest BCUT2D eigenvalue weighted by atomic mass is 16.5. The highest BCUT2D eigenvalue weighted by molar-refractivity contribution is 5.78. The number of benzene rings is 2. The van der Waals surface area contributed by atoms with Gasteiger partial charge >= 0.3 is 0 Å². The second kappa shape index (κ2) is 9.73. The highest BCUT2D eigenvalue weighted by Crippen LogP contribution is 2.15. The Morgan fingerprint density at radius 1 is 1.08 bits per heavy atom. The van der Waals surface area contributed by atoms with Gasteiger partial charge in [0.2, 0.25) is 5.91 Å². The SMILES string of the molecule is COc1ccc(CC(=O)NCCCO[C@H](C)c2ccccc2)cc1. The van der Waals surface area contributed by atoms with Crippen molar-refractivity contribution in [3.8, 4) is 5.75 Å². The molecule has 1 atom stereocenters. The van der Waals surface area contributed by atoms with Crippen molar-refractivity contribution in [3.63, 3.8) is 0 Å². The van der Waals surface area contributed by atoms with Gasteiger partial charge < -0.3 is 14.8 Å². The minimum Gasteiger partial charge on any atom is -0.497 e. The standard InChI is InChI=1S/C20H25NO3/c1-16(18-7-4-3-5-8-18)24-14-6-13-21-20(22)15-17-9-11-19(23-2)12-10-17/h3-5,7-12,16H,6,13-15H2,1-2H3,(H,21,22)/t16-/m1/s1. The lowest BCUT2D eigenvalue weighted by atomic mass is 10.1. The Bertz CT molecular complexity index is 611. The maximum Gasteiger partial charge on any atom is 0.224 e. The van der Waals surface area contributed by atoms with Crippen LogP contribution in [0.15, 0.2) is 54.6 Å². The zero-order chi connectivity index (χ0) is 17.2. The van der Waals surface area contributed by atoms with Crippen molar-refractivity contribution in [2.24, 2.45) is 0 Å². The largest absolute Gasteiger partial charge is 0.497 e. The maximum atomic E-state index is 11.9. The monoisotopic (exact) mass is 327 g/mol. The van der Waals surface area contributed by atoms with E-state index in [1.165, 1.54) is 5.56 Å². The number of ether oxygens (including phenoxy) is 2. The van der Waals surface area contributed by atoms with Crippen molar-refractivity contribution >= 4 is 5.91 Å². The topological polar surface area (TPSA) is 47.6 Å². The van der Waals surface area contributed by atoms with E-state index >= 15 is 0 Å². The summed E-state index contributed by atoms with van der Waals surface area (Å²) in [5.74, 6) is 0.820. The van der Waals surface area contributed by atoms with Gasteiger partial charge in [-0.25, -0.2) is 0 Å². The van der Waals surface area contributed by atoms with Crippen LogP contribution in [0.1, 0.15) is 30.6 Å². The molecule has 0 aromatic heterocycles. The lowest BCUT2D eigenvalue weighted by Crippen LogP contribution is -2.26. The first-order valence-electron chi connectivity index (χ1n) is 8.25. The Hall–Kier alpha value is -2.33. The number of rotatable bonds is 9. The molecule has 2 aromatic carbocycles. The van der Waals surface area contributed by atoms with E-state index in [4.69, 9.17) is 9.47 Å². The first kappa shape index (κ1) is 18.0. The van der Waals surface area contributed by atoms with E-state index < -0.39 is 0 Å². The summed E-state index contributed by atoms with van der Waals surface area (Å²) in [4.78, 5) is 11.9. The van der Waals surface area contributed by atoms with E-state index in [2.05, 4.69) is 17.4 Å². The van der Waals surface area contributed by atoms with Crippen LogP contribution in [0.4, 0.5) is 0 Å². The van der Waals surface area contributed by atoms with E-state index in [9.17, 15) is 4.79 Å². The molecule has 2 aromatic rings. The third kappa shape index (κ3) is 6.05. The molecule has 0 heterocycles. The third-order valence-corrected chi connectivity index (χ3v) is 3.80. The Kier molecular flexibility index (Phi) is 7.30. The van der Waals surface area contributed by atoms with E-state index in [1.807, 2.05) is 49.4 Å². The van der Waals surface area contributed by atoms with Gasteiger partial charge in [-0.2, -0.15) is 0 Å². The zero-order valence-electron chi connectivity index (χ0n) is 14.3. The van der Waals surface area contributed by atoms with Gasteiger partial charge in [-0.15, -0.1) is 0 Å². The zero-order valence-corrected chi connectivity index (χ0v) is 14.3. The van der Waals surface area contributed by atoms with Crippen LogP contribution in [0.5, 0.6) is 5.75 Å². The highest BCUT2D eigenvalue weighted by Gasteiger charge is 2.05. The maximum absolute atomic E-state index is 11.9. The summed E-state index contributed by atoms with van der Waals surface area (Å²) in [5, 5.41) is 2.92. The number of nitrogens with one attached hydrogen (secondary N) is 1. The molecule has 0 spiro atoms. The predicted molar refractivity (Wildman–Crippen MR) is 95.1 cm³/mol. The van der Waals surface area contributed by atoms with Crippen molar-refractivity contribution in [3.05, 3.63) is 65.7 Å². The van der Waals surface area contributed by atoms with Crippen LogP contribution in [0, 0.1) is 0 Å². The second-order valence-electron chi connectivity index (χ2n) is 5.65. The van der Waals surface area contributed by atoms with E-state index in [0.29, 0.717) is 19.6 Å². The van der Waals surface area contributed by atoms with Crippen molar-refractivity contribution in [1.29, 1.82) is 0 Å². The van der Waals surface area contributed by atoms with Crippen molar-refractivity contribution in [1.82, 2.24) is 5.32 Å². The smallest absolute Gasteiger partial charge is 0.224 e. The van der Waals surface area contributed by atoms with Crippen molar-refractivity contribution < 1.29 is 14.3 Å². The molecule has 0 aliphatic heterocycles. The molecule has 24 heavy (non-hydrogen) atoms. The van der Waals surface area contributed by atoms with E-state index in [1.54, 1.807) is 7.11 Å². The Morgan fingerprint density at radius 2 is 1.79 bits per heavy atom. The number of amides is 1. The van der Waals surface area contributed by atoms with Crippen LogP contribution in [0.25, 0.3) is 0 Å². The van der Waals surface area contributed by atoms with Crippen LogP contribution in [-0.4, -0.2) is 26.2 Å². The molecule has 4 nitrogen and oxygen atoms in total. The summed E-state index contributed by atoms with van der Waals surface area (Å²) < 4.78 is 10.9. The van der Waals surface area contributed by atoms with Crippen LogP contribution >= 0.6 is 0 Å². The predicted octanol–water partition coefficient (Wildman–Crippen LogP) is 3.52.